The van der Waals surface area contributed by atoms with Gasteiger partial charge in [-0.25, -0.2) is 9.97 Å². The van der Waals surface area contributed by atoms with Gasteiger partial charge in [0, 0.05) is 11.1 Å². The molecule has 2 aromatic rings. The minimum absolute atomic E-state index is 0.233. The second kappa shape index (κ2) is 6.06. The van der Waals surface area contributed by atoms with Crippen LogP contribution < -0.4 is 5.32 Å². The van der Waals surface area contributed by atoms with E-state index >= 15 is 0 Å². The molecule has 0 fully saturated rings. The summed E-state index contributed by atoms with van der Waals surface area (Å²) in [6.45, 7) is 2.66. The van der Waals surface area contributed by atoms with Crippen molar-refractivity contribution in [2.45, 2.75) is 19.9 Å². The van der Waals surface area contributed by atoms with Gasteiger partial charge in [-0.3, -0.25) is 0 Å². The molecule has 0 saturated heterocycles. The molecule has 0 atom stereocenters. The Hall–Kier alpha value is -0.550. The third-order valence-electron chi connectivity index (χ3n) is 2.24. The molecular weight excluding hydrogens is 313 g/mol. The fourth-order valence-corrected chi connectivity index (χ4v) is 2.69. The van der Waals surface area contributed by atoms with E-state index in [-0.39, 0.29) is 5.15 Å². The first-order valence-electron chi connectivity index (χ1n) is 5.29. The van der Waals surface area contributed by atoms with Crippen LogP contribution in [0.15, 0.2) is 12.3 Å². The smallest absolute Gasteiger partial charge is 0.150 e. The van der Waals surface area contributed by atoms with Gasteiger partial charge in [0.15, 0.2) is 0 Å². The van der Waals surface area contributed by atoms with Crippen LogP contribution in [-0.2, 0) is 13.0 Å². The standard InChI is InChI=1S/C11H10Cl3N3S/c1-2-6-4-15-9(18-6)5-16-11-8(13)3-7(12)10(14)17-11/h3-4H,2,5H2,1H3,(H,16,17). The molecule has 0 spiro atoms. The predicted molar refractivity (Wildman–Crippen MR) is 78.1 cm³/mol. The van der Waals surface area contributed by atoms with Crippen LogP contribution >= 0.6 is 46.1 Å². The molecule has 96 valence electrons. The summed E-state index contributed by atoms with van der Waals surface area (Å²) in [5.74, 6) is 0.513. The lowest BCUT2D eigenvalue weighted by Crippen LogP contribution is -2.01. The predicted octanol–water partition coefficient (Wildman–Crippen LogP) is 4.67. The molecular formula is C11H10Cl3N3S. The first-order chi connectivity index (χ1) is 8.60. The normalized spacial score (nSPS) is 10.7. The van der Waals surface area contributed by atoms with E-state index in [1.165, 1.54) is 4.88 Å². The molecule has 0 amide bonds. The van der Waals surface area contributed by atoms with Gasteiger partial charge in [-0.05, 0) is 12.5 Å². The van der Waals surface area contributed by atoms with Crippen LogP contribution in [0.2, 0.25) is 15.2 Å². The number of nitrogens with one attached hydrogen (secondary N) is 1. The van der Waals surface area contributed by atoms with Gasteiger partial charge in [-0.1, -0.05) is 41.7 Å². The summed E-state index contributed by atoms with van der Waals surface area (Å²) in [6, 6.07) is 1.57. The molecule has 0 aliphatic heterocycles. The van der Waals surface area contributed by atoms with Crippen LogP contribution in [0.1, 0.15) is 16.8 Å². The van der Waals surface area contributed by atoms with Crippen molar-refractivity contribution in [1.29, 1.82) is 0 Å². The van der Waals surface area contributed by atoms with E-state index in [1.54, 1.807) is 17.4 Å². The number of rotatable bonds is 4. The summed E-state index contributed by atoms with van der Waals surface area (Å²) >= 11 is 19.3. The van der Waals surface area contributed by atoms with Gasteiger partial charge in [-0.2, -0.15) is 0 Å². The molecule has 1 N–H and O–H groups in total. The first kappa shape index (κ1) is 13.9. The summed E-state index contributed by atoms with van der Waals surface area (Å²) in [5, 5.41) is 5.10. The molecule has 0 radical (unpaired) electrons. The number of aryl methyl sites for hydroxylation is 1. The summed E-state index contributed by atoms with van der Waals surface area (Å²) in [5.41, 5.74) is 0. The second-order valence-electron chi connectivity index (χ2n) is 3.52. The Morgan fingerprint density at radius 3 is 2.72 bits per heavy atom. The Balaban J connectivity index is 2.08. The lowest BCUT2D eigenvalue weighted by atomic mass is 10.4. The molecule has 2 heterocycles. The molecule has 7 heteroatoms. The minimum Gasteiger partial charge on any atom is -0.362 e. The third kappa shape index (κ3) is 3.26. The van der Waals surface area contributed by atoms with E-state index in [4.69, 9.17) is 34.8 Å². The number of anilines is 1. The number of nitrogens with zero attached hydrogens (tertiary/aromatic N) is 2. The molecule has 0 bridgehead atoms. The Morgan fingerprint density at radius 2 is 2.06 bits per heavy atom. The molecule has 3 nitrogen and oxygen atoms in total. The van der Waals surface area contributed by atoms with Crippen LogP contribution in [-0.4, -0.2) is 9.97 Å². The number of pyridine rings is 1. The summed E-state index contributed by atoms with van der Waals surface area (Å²) in [6.07, 6.45) is 2.87. The molecule has 0 aliphatic rings. The molecule has 2 rings (SSSR count). The van der Waals surface area contributed by atoms with Crippen LogP contribution in [0.4, 0.5) is 5.82 Å². The lowest BCUT2D eigenvalue weighted by molar-refractivity contribution is 1.07. The summed E-state index contributed by atoms with van der Waals surface area (Å²) in [4.78, 5) is 9.63. The van der Waals surface area contributed by atoms with Crippen LogP contribution in [0, 0.1) is 0 Å². The topological polar surface area (TPSA) is 37.8 Å². The average molecular weight is 323 g/mol. The van der Waals surface area contributed by atoms with Crippen molar-refractivity contribution >= 4 is 52.0 Å². The summed E-state index contributed by atoms with van der Waals surface area (Å²) < 4.78 is 0. The SMILES string of the molecule is CCc1cnc(CNc2nc(Cl)c(Cl)cc2Cl)s1. The number of hydrogen-bond acceptors (Lipinski definition) is 4. The van der Waals surface area contributed by atoms with Gasteiger partial charge in [0.1, 0.15) is 16.0 Å². The second-order valence-corrected chi connectivity index (χ2v) is 5.89. The molecule has 0 aromatic carbocycles. The maximum atomic E-state index is 6.02. The number of thiazole rings is 1. The number of aromatic nitrogens is 2. The highest BCUT2D eigenvalue weighted by atomic mass is 35.5. The Morgan fingerprint density at radius 1 is 1.28 bits per heavy atom. The molecule has 0 saturated carbocycles. The van der Waals surface area contributed by atoms with Crippen molar-refractivity contribution in [2.24, 2.45) is 0 Å². The van der Waals surface area contributed by atoms with Crippen LogP contribution in [0.5, 0.6) is 0 Å². The summed E-state index contributed by atoms with van der Waals surface area (Å²) in [7, 11) is 0. The molecule has 18 heavy (non-hydrogen) atoms. The van der Waals surface area contributed by atoms with Gasteiger partial charge in [0.05, 0.1) is 16.6 Å². The highest BCUT2D eigenvalue weighted by molar-refractivity contribution is 7.11. The van der Waals surface area contributed by atoms with E-state index < -0.39 is 0 Å². The van der Waals surface area contributed by atoms with E-state index in [1.807, 2.05) is 6.20 Å². The monoisotopic (exact) mass is 321 g/mol. The Kier molecular flexibility index (Phi) is 4.67. The fourth-order valence-electron chi connectivity index (χ4n) is 1.32. The van der Waals surface area contributed by atoms with Crippen molar-refractivity contribution in [3.63, 3.8) is 0 Å². The van der Waals surface area contributed by atoms with E-state index in [0.717, 1.165) is 11.4 Å². The highest BCUT2D eigenvalue weighted by Gasteiger charge is 2.08. The van der Waals surface area contributed by atoms with E-state index in [2.05, 4.69) is 22.2 Å². The fraction of sp³-hybridized carbons (Fsp3) is 0.273. The van der Waals surface area contributed by atoms with Gasteiger partial charge in [-0.15, -0.1) is 11.3 Å². The van der Waals surface area contributed by atoms with Gasteiger partial charge < -0.3 is 5.32 Å². The van der Waals surface area contributed by atoms with E-state index in [9.17, 15) is 0 Å². The largest absolute Gasteiger partial charge is 0.362 e. The van der Waals surface area contributed by atoms with Gasteiger partial charge in [0.2, 0.25) is 0 Å². The third-order valence-corrected chi connectivity index (χ3v) is 4.35. The minimum atomic E-state index is 0.233. The van der Waals surface area contributed by atoms with Crippen molar-refractivity contribution in [2.75, 3.05) is 5.32 Å². The lowest BCUT2D eigenvalue weighted by Gasteiger charge is -2.06. The zero-order valence-electron chi connectivity index (χ0n) is 9.51. The molecule has 0 aliphatic carbocycles. The Bertz CT molecular complexity index is 556. The number of halogens is 3. The first-order valence-corrected chi connectivity index (χ1v) is 7.24. The Labute approximate surface area is 124 Å². The van der Waals surface area contributed by atoms with Crippen LogP contribution in [0.25, 0.3) is 0 Å². The van der Waals surface area contributed by atoms with Crippen LogP contribution in [0.3, 0.4) is 0 Å². The maximum Gasteiger partial charge on any atom is 0.150 e. The zero-order valence-corrected chi connectivity index (χ0v) is 12.6. The maximum absolute atomic E-state index is 6.02. The van der Waals surface area contributed by atoms with Gasteiger partial charge in [0.25, 0.3) is 0 Å². The van der Waals surface area contributed by atoms with Crippen molar-refractivity contribution in [3.8, 4) is 0 Å². The van der Waals surface area contributed by atoms with E-state index in [0.29, 0.717) is 22.4 Å². The highest BCUT2D eigenvalue weighted by Crippen LogP contribution is 2.29. The molecule has 2 aromatic heterocycles. The average Bonchev–Trinajstić information content (AvgIpc) is 2.80. The number of hydrogen-bond donors (Lipinski definition) is 1. The van der Waals surface area contributed by atoms with Crippen molar-refractivity contribution in [3.05, 3.63) is 37.3 Å². The van der Waals surface area contributed by atoms with Crippen molar-refractivity contribution < 1.29 is 0 Å². The molecule has 0 unspecified atom stereocenters. The quantitative estimate of drug-likeness (QED) is 0.831. The van der Waals surface area contributed by atoms with Gasteiger partial charge >= 0.3 is 0 Å². The zero-order chi connectivity index (χ0) is 13.1. The van der Waals surface area contributed by atoms with Crippen molar-refractivity contribution in [1.82, 2.24) is 9.97 Å².